The fraction of sp³-hybridized carbons (Fsp3) is 0.419. The Kier molecular flexibility index (Phi) is 6.99. The van der Waals surface area contributed by atoms with Crippen molar-refractivity contribution >= 4 is 46.4 Å². The summed E-state index contributed by atoms with van der Waals surface area (Å²) in [4.78, 5) is 29.4. The molecule has 0 N–H and O–H groups in total. The number of hydrogen-bond donors (Lipinski definition) is 0. The number of allylic oxidation sites excluding steroid dienone is 4. The van der Waals surface area contributed by atoms with Crippen molar-refractivity contribution in [2.24, 2.45) is 10.8 Å². The van der Waals surface area contributed by atoms with Crippen molar-refractivity contribution in [1.82, 2.24) is 4.90 Å². The first-order valence-corrected chi connectivity index (χ1v) is 14.0. The number of ketones is 2. The lowest BCUT2D eigenvalue weighted by atomic mass is 9.64. The molecule has 0 saturated heterocycles. The molecular formula is C31H32Cl3NO3. The summed E-state index contributed by atoms with van der Waals surface area (Å²) in [7, 11) is 2.01. The van der Waals surface area contributed by atoms with Gasteiger partial charge in [-0.1, -0.05) is 74.6 Å². The average molecular weight is 573 g/mol. The number of rotatable bonds is 4. The zero-order valence-corrected chi connectivity index (χ0v) is 24.7. The normalized spacial score (nSPS) is 21.0. The highest BCUT2D eigenvalue weighted by Gasteiger charge is 2.48. The maximum atomic E-state index is 13.7. The summed E-state index contributed by atoms with van der Waals surface area (Å²) in [5.74, 6) is 0.280. The van der Waals surface area contributed by atoms with E-state index in [1.54, 1.807) is 12.1 Å². The smallest absolute Gasteiger partial charge is 0.162 e. The van der Waals surface area contributed by atoms with Gasteiger partial charge in [0.1, 0.15) is 12.4 Å². The molecule has 0 radical (unpaired) electrons. The van der Waals surface area contributed by atoms with E-state index in [9.17, 15) is 9.59 Å². The number of carbonyl (C=O) groups is 2. The molecule has 0 bridgehead atoms. The van der Waals surface area contributed by atoms with E-state index in [4.69, 9.17) is 39.5 Å². The molecule has 0 spiro atoms. The van der Waals surface area contributed by atoms with Crippen molar-refractivity contribution in [1.29, 1.82) is 0 Å². The van der Waals surface area contributed by atoms with Crippen LogP contribution in [0.3, 0.4) is 0 Å². The van der Waals surface area contributed by atoms with Crippen LogP contribution in [-0.2, 0) is 16.2 Å². The summed E-state index contributed by atoms with van der Waals surface area (Å²) in [5, 5.41) is 1.50. The molecule has 7 heteroatoms. The number of Topliss-reactive ketones (excluding diaryl/α,β-unsaturated/α-hetero) is 2. The van der Waals surface area contributed by atoms with Crippen LogP contribution in [0.15, 0.2) is 58.9 Å². The van der Waals surface area contributed by atoms with Gasteiger partial charge in [-0.15, -0.1) is 0 Å². The van der Waals surface area contributed by atoms with E-state index in [1.165, 1.54) is 0 Å². The topological polar surface area (TPSA) is 46.6 Å². The predicted molar refractivity (Wildman–Crippen MR) is 153 cm³/mol. The Bertz CT molecular complexity index is 1370. The third kappa shape index (κ3) is 5.03. The molecule has 0 atom stereocenters. The zero-order chi connectivity index (χ0) is 27.6. The van der Waals surface area contributed by atoms with Crippen LogP contribution in [0.25, 0.3) is 0 Å². The summed E-state index contributed by atoms with van der Waals surface area (Å²) >= 11 is 19.0. The molecule has 3 aliphatic rings. The fourth-order valence-corrected chi connectivity index (χ4v) is 6.81. The summed E-state index contributed by atoms with van der Waals surface area (Å²) in [6.45, 7) is 8.76. The van der Waals surface area contributed by atoms with Crippen LogP contribution in [0.5, 0.6) is 5.75 Å². The molecule has 2 aromatic carbocycles. The minimum atomic E-state index is -0.430. The second-order valence-corrected chi connectivity index (χ2v) is 13.6. The van der Waals surface area contributed by atoms with Crippen LogP contribution in [0.4, 0.5) is 0 Å². The molecule has 4 nitrogen and oxygen atoms in total. The van der Waals surface area contributed by atoms with Gasteiger partial charge in [-0.2, -0.15) is 0 Å². The Morgan fingerprint density at radius 1 is 0.816 bits per heavy atom. The second kappa shape index (κ2) is 9.73. The summed E-state index contributed by atoms with van der Waals surface area (Å²) in [6, 6.07) is 10.8. The van der Waals surface area contributed by atoms with Crippen molar-refractivity contribution in [2.75, 3.05) is 7.05 Å². The van der Waals surface area contributed by atoms with E-state index < -0.39 is 5.92 Å². The number of halogens is 3. The molecule has 0 aromatic heterocycles. The fourth-order valence-electron chi connectivity index (χ4n) is 6.11. The molecule has 1 heterocycles. The van der Waals surface area contributed by atoms with Crippen molar-refractivity contribution in [3.05, 3.63) is 85.1 Å². The van der Waals surface area contributed by atoms with Crippen LogP contribution >= 0.6 is 34.8 Å². The molecular weight excluding hydrogens is 541 g/mol. The number of nitrogens with zero attached hydrogens (tertiary/aromatic N) is 1. The van der Waals surface area contributed by atoms with Gasteiger partial charge in [0.2, 0.25) is 0 Å². The third-order valence-corrected chi connectivity index (χ3v) is 8.75. The van der Waals surface area contributed by atoms with Gasteiger partial charge in [-0.05, 0) is 53.5 Å². The molecule has 0 unspecified atom stereocenters. The van der Waals surface area contributed by atoms with Crippen LogP contribution in [0, 0.1) is 10.8 Å². The maximum Gasteiger partial charge on any atom is 0.162 e. The van der Waals surface area contributed by atoms with Gasteiger partial charge >= 0.3 is 0 Å². The van der Waals surface area contributed by atoms with Gasteiger partial charge in [0.25, 0.3) is 0 Å². The van der Waals surface area contributed by atoms with E-state index in [2.05, 4.69) is 32.6 Å². The Labute approximate surface area is 239 Å². The van der Waals surface area contributed by atoms with Crippen LogP contribution in [0.1, 0.15) is 70.4 Å². The Hall–Kier alpha value is -2.27. The van der Waals surface area contributed by atoms with Gasteiger partial charge in [-0.25, -0.2) is 0 Å². The van der Waals surface area contributed by atoms with Crippen LogP contribution in [0.2, 0.25) is 15.1 Å². The third-order valence-electron chi connectivity index (χ3n) is 7.87. The molecule has 2 aromatic rings. The molecule has 38 heavy (non-hydrogen) atoms. The lowest BCUT2D eigenvalue weighted by molar-refractivity contribution is -0.119. The van der Waals surface area contributed by atoms with Crippen molar-refractivity contribution < 1.29 is 14.3 Å². The molecule has 1 aliphatic heterocycles. The SMILES string of the molecule is CN1C2=C(C(=O)CC(C)(C)C2)C(c2ccc(OCc3ccc(Cl)cc3Cl)c(Cl)c2)C2=C1CC(C)(C)CC2=O. The number of ether oxygens (including phenoxy) is 1. The van der Waals surface area contributed by atoms with Crippen molar-refractivity contribution in [3.8, 4) is 5.75 Å². The summed E-state index contributed by atoms with van der Waals surface area (Å²) in [6.07, 6.45) is 2.47. The van der Waals surface area contributed by atoms with Crippen molar-refractivity contribution in [2.45, 2.75) is 65.9 Å². The highest BCUT2D eigenvalue weighted by molar-refractivity contribution is 6.35. The predicted octanol–water partition coefficient (Wildman–Crippen LogP) is 8.54. The molecule has 0 saturated carbocycles. The van der Waals surface area contributed by atoms with Crippen LogP contribution in [-0.4, -0.2) is 23.5 Å². The molecule has 0 amide bonds. The Morgan fingerprint density at radius 3 is 1.92 bits per heavy atom. The maximum absolute atomic E-state index is 13.7. The van der Waals surface area contributed by atoms with E-state index in [1.807, 2.05) is 31.3 Å². The molecule has 2 aliphatic carbocycles. The molecule has 0 fully saturated rings. The van der Waals surface area contributed by atoms with Crippen molar-refractivity contribution in [3.63, 3.8) is 0 Å². The first-order valence-electron chi connectivity index (χ1n) is 12.9. The Balaban J connectivity index is 1.55. The van der Waals surface area contributed by atoms with E-state index in [0.717, 1.165) is 46.5 Å². The first kappa shape index (κ1) is 27.3. The van der Waals surface area contributed by atoms with Gasteiger partial charge in [0.15, 0.2) is 11.6 Å². The average Bonchev–Trinajstić information content (AvgIpc) is 2.79. The largest absolute Gasteiger partial charge is 0.487 e. The monoisotopic (exact) mass is 571 g/mol. The van der Waals surface area contributed by atoms with Gasteiger partial charge in [0.05, 0.1) is 5.02 Å². The summed E-state index contributed by atoms with van der Waals surface area (Å²) in [5.41, 5.74) is 4.86. The van der Waals surface area contributed by atoms with E-state index >= 15 is 0 Å². The number of hydrogen-bond acceptors (Lipinski definition) is 4. The minimum absolute atomic E-state index is 0.103. The molecule has 200 valence electrons. The van der Waals surface area contributed by atoms with E-state index in [0.29, 0.717) is 33.7 Å². The number of benzene rings is 2. The first-order chi connectivity index (χ1) is 17.8. The van der Waals surface area contributed by atoms with Gasteiger partial charge in [-0.3, -0.25) is 9.59 Å². The standard InChI is InChI=1S/C31H32Cl3NO3/c1-30(2)12-22-28(24(36)14-30)27(29-23(35(22)5)13-31(3,4)15-25(29)37)17-7-9-26(21(34)10-17)38-16-18-6-8-19(32)11-20(18)33/h6-11,27H,12-16H2,1-5H3. The lowest BCUT2D eigenvalue weighted by Crippen LogP contribution is -2.43. The van der Waals surface area contributed by atoms with Gasteiger partial charge in [0, 0.05) is 64.0 Å². The Morgan fingerprint density at radius 2 is 1.39 bits per heavy atom. The summed E-state index contributed by atoms with van der Waals surface area (Å²) < 4.78 is 5.99. The zero-order valence-electron chi connectivity index (χ0n) is 22.4. The van der Waals surface area contributed by atoms with E-state index in [-0.39, 0.29) is 29.0 Å². The second-order valence-electron chi connectivity index (χ2n) is 12.3. The van der Waals surface area contributed by atoms with Gasteiger partial charge < -0.3 is 9.64 Å². The highest BCUT2D eigenvalue weighted by Crippen LogP contribution is 2.54. The quantitative estimate of drug-likeness (QED) is 0.368. The lowest BCUT2D eigenvalue weighted by Gasteiger charge is -2.47. The number of carbonyl (C=O) groups excluding carboxylic acids is 2. The highest BCUT2D eigenvalue weighted by atomic mass is 35.5. The van der Waals surface area contributed by atoms with Crippen LogP contribution < -0.4 is 4.74 Å². The minimum Gasteiger partial charge on any atom is -0.487 e. The molecule has 5 rings (SSSR count).